The van der Waals surface area contributed by atoms with Gasteiger partial charge in [0.1, 0.15) is 6.54 Å². The van der Waals surface area contributed by atoms with Crippen molar-refractivity contribution in [2.75, 3.05) is 19.6 Å². The Balaban J connectivity index is 1.20. The van der Waals surface area contributed by atoms with Crippen LogP contribution in [0.1, 0.15) is 54.4 Å². The van der Waals surface area contributed by atoms with E-state index in [2.05, 4.69) is 64.2 Å². The molecule has 1 unspecified atom stereocenters. The number of piperidine rings is 1. The summed E-state index contributed by atoms with van der Waals surface area (Å²) in [4.78, 5) is 2.54. The number of hydrogen-bond donors (Lipinski definition) is 1. The van der Waals surface area contributed by atoms with E-state index in [1.807, 2.05) is 6.07 Å². The maximum atomic E-state index is 13.2. The number of fused-ring (bicyclic) bond motifs is 1. The highest BCUT2D eigenvalue weighted by Gasteiger charge is 2.60. The topological polar surface area (TPSA) is 52.7 Å². The van der Waals surface area contributed by atoms with Gasteiger partial charge in [0.25, 0.3) is 10.2 Å². The summed E-state index contributed by atoms with van der Waals surface area (Å²) in [5.74, 6) is -0.0253. The highest BCUT2D eigenvalue weighted by molar-refractivity contribution is 7.87. The predicted molar refractivity (Wildman–Crippen MR) is 146 cm³/mol. The third kappa shape index (κ3) is 5.56. The zero-order chi connectivity index (χ0) is 27.3. The Kier molecular flexibility index (Phi) is 7.15. The predicted octanol–water partition coefficient (Wildman–Crippen LogP) is 5.33. The normalized spacial score (nSPS) is 31.1. The van der Waals surface area contributed by atoms with Crippen molar-refractivity contribution >= 4 is 16.3 Å². The molecule has 39 heavy (non-hydrogen) atoms. The molecule has 9 heteroatoms. The first-order valence-electron chi connectivity index (χ1n) is 14.1. The lowest BCUT2D eigenvalue weighted by molar-refractivity contribution is -0.136. The first-order chi connectivity index (χ1) is 18.6. The second-order valence-corrected chi connectivity index (χ2v) is 13.5. The lowest BCUT2D eigenvalue weighted by Crippen LogP contribution is -2.52. The van der Waals surface area contributed by atoms with Gasteiger partial charge in [0.2, 0.25) is 0 Å². The van der Waals surface area contributed by atoms with Crippen LogP contribution in [-0.4, -0.2) is 55.0 Å². The van der Waals surface area contributed by atoms with Crippen LogP contribution < -0.4 is 4.72 Å². The van der Waals surface area contributed by atoms with Crippen LogP contribution in [0, 0.1) is 11.8 Å². The van der Waals surface area contributed by atoms with Gasteiger partial charge in [0.15, 0.2) is 0 Å². The molecule has 2 aromatic rings. The van der Waals surface area contributed by atoms with Gasteiger partial charge in [-0.2, -0.15) is 30.6 Å². The summed E-state index contributed by atoms with van der Waals surface area (Å²) in [6.45, 7) is 0.477. The van der Waals surface area contributed by atoms with E-state index < -0.39 is 28.5 Å². The molecule has 1 spiro atoms. The van der Waals surface area contributed by atoms with Gasteiger partial charge in [0.05, 0.1) is 5.54 Å². The number of rotatable bonds is 5. The molecule has 1 saturated carbocycles. The molecular formula is C30H36F3N3O2S. The molecule has 0 aromatic heterocycles. The Morgan fingerprint density at radius 2 is 1.72 bits per heavy atom. The molecule has 210 valence electrons. The first-order valence-corrected chi connectivity index (χ1v) is 15.5. The third-order valence-electron chi connectivity index (χ3n) is 9.34. The Morgan fingerprint density at radius 3 is 2.46 bits per heavy atom. The minimum absolute atomic E-state index is 0.00747. The van der Waals surface area contributed by atoms with Crippen LogP contribution in [0.4, 0.5) is 13.2 Å². The smallest absolute Gasteiger partial charge is 0.293 e. The molecule has 1 N–H and O–H groups in total. The first kappa shape index (κ1) is 27.0. The van der Waals surface area contributed by atoms with E-state index >= 15 is 0 Å². The van der Waals surface area contributed by atoms with E-state index in [4.69, 9.17) is 0 Å². The maximum absolute atomic E-state index is 13.2. The van der Waals surface area contributed by atoms with Crippen LogP contribution >= 0.6 is 0 Å². The van der Waals surface area contributed by atoms with Crippen LogP contribution in [0.5, 0.6) is 0 Å². The number of nitrogens with one attached hydrogen (secondary N) is 1. The van der Waals surface area contributed by atoms with Crippen molar-refractivity contribution in [3.63, 3.8) is 0 Å². The monoisotopic (exact) mass is 559 g/mol. The Hall–Kier alpha value is -2.20. The molecule has 2 aliphatic heterocycles. The summed E-state index contributed by atoms with van der Waals surface area (Å²) in [5.41, 5.74) is 4.00. The van der Waals surface area contributed by atoms with Gasteiger partial charge in [-0.1, -0.05) is 67.1 Å². The quantitative estimate of drug-likeness (QED) is 0.539. The van der Waals surface area contributed by atoms with Crippen molar-refractivity contribution in [1.29, 1.82) is 0 Å². The van der Waals surface area contributed by atoms with E-state index in [1.165, 1.54) is 29.5 Å². The molecule has 4 aliphatic rings. The summed E-state index contributed by atoms with van der Waals surface area (Å²) >= 11 is 0. The largest absolute Gasteiger partial charge is 0.402 e. The fourth-order valence-electron chi connectivity index (χ4n) is 7.44. The Labute approximate surface area is 229 Å². The lowest BCUT2D eigenvalue weighted by atomic mass is 9.79. The second kappa shape index (κ2) is 10.3. The van der Waals surface area contributed by atoms with Gasteiger partial charge in [0, 0.05) is 19.1 Å². The van der Waals surface area contributed by atoms with Gasteiger partial charge < -0.3 is 0 Å². The molecule has 2 heterocycles. The minimum Gasteiger partial charge on any atom is -0.293 e. The SMILES string of the molecule is O=S1(=O)N[C@@]2(CN1CC(F)(F)F)[C@@H]1CC[C@H]2Cc2ccc(C=CC3CCCCN3Cc3ccccc3)cc2C1. The Bertz CT molecular complexity index is 1330. The summed E-state index contributed by atoms with van der Waals surface area (Å²) in [6, 6.07) is 17.4. The zero-order valence-electron chi connectivity index (χ0n) is 22.0. The van der Waals surface area contributed by atoms with Crippen molar-refractivity contribution in [2.24, 2.45) is 11.8 Å². The van der Waals surface area contributed by atoms with Gasteiger partial charge >= 0.3 is 6.18 Å². The van der Waals surface area contributed by atoms with Crippen LogP contribution in [-0.2, 0) is 29.6 Å². The standard InChI is InChI=1S/C30H36F3N3O2S/c31-30(32,33)21-36-20-29(34-39(36,37)38)26-12-13-27(29)18-25-16-22(9-11-24(25)17-26)10-14-28-8-4-5-15-35(28)19-23-6-2-1-3-7-23/h1-3,6-7,9-11,14,16,26-28,34H,4-5,8,12-13,15,17-21H2/t26-,27+,28?,29+/m0/s1. The molecule has 5 nitrogen and oxygen atoms in total. The number of benzene rings is 2. The molecule has 2 saturated heterocycles. The number of nitrogens with zero attached hydrogens (tertiary/aromatic N) is 2. The van der Waals surface area contributed by atoms with Crippen molar-refractivity contribution in [1.82, 2.24) is 13.9 Å². The molecule has 2 bridgehead atoms. The minimum atomic E-state index is -4.57. The number of likely N-dealkylation sites (tertiary alicyclic amines) is 1. The number of halogens is 3. The van der Waals surface area contributed by atoms with E-state index in [1.54, 1.807) is 0 Å². The number of hydrogen-bond acceptors (Lipinski definition) is 3. The zero-order valence-corrected chi connectivity index (χ0v) is 22.9. The highest BCUT2D eigenvalue weighted by Crippen LogP contribution is 2.50. The molecule has 4 atom stereocenters. The fraction of sp³-hybridized carbons (Fsp3) is 0.533. The van der Waals surface area contributed by atoms with E-state index in [-0.39, 0.29) is 18.4 Å². The van der Waals surface area contributed by atoms with Gasteiger partial charge in [-0.3, -0.25) is 4.90 Å². The Morgan fingerprint density at radius 1 is 0.974 bits per heavy atom. The molecule has 0 amide bonds. The van der Waals surface area contributed by atoms with Crippen LogP contribution in [0.25, 0.3) is 6.08 Å². The van der Waals surface area contributed by atoms with Gasteiger partial charge in [-0.25, -0.2) is 0 Å². The summed E-state index contributed by atoms with van der Waals surface area (Å²) < 4.78 is 68.3. The van der Waals surface area contributed by atoms with Crippen molar-refractivity contribution in [2.45, 2.75) is 69.2 Å². The molecule has 0 radical (unpaired) electrons. The average Bonchev–Trinajstić information content (AvgIpc) is 3.27. The van der Waals surface area contributed by atoms with Crippen molar-refractivity contribution in [3.05, 3.63) is 76.9 Å². The van der Waals surface area contributed by atoms with Gasteiger partial charge in [-0.05, 0) is 79.2 Å². The third-order valence-corrected chi connectivity index (χ3v) is 10.9. The van der Waals surface area contributed by atoms with E-state index in [9.17, 15) is 21.6 Å². The van der Waals surface area contributed by atoms with E-state index in [0.717, 1.165) is 37.9 Å². The van der Waals surface area contributed by atoms with Crippen LogP contribution in [0.3, 0.4) is 0 Å². The molecule has 2 aromatic carbocycles. The van der Waals surface area contributed by atoms with E-state index in [0.29, 0.717) is 23.2 Å². The molecular weight excluding hydrogens is 523 g/mol. The lowest BCUT2D eigenvalue weighted by Gasteiger charge is -2.34. The maximum Gasteiger partial charge on any atom is 0.402 e. The van der Waals surface area contributed by atoms with Crippen LogP contribution in [0.2, 0.25) is 0 Å². The fourth-order valence-corrected chi connectivity index (χ4v) is 9.15. The van der Waals surface area contributed by atoms with Gasteiger partial charge in [-0.15, -0.1) is 0 Å². The molecule has 2 aliphatic carbocycles. The van der Waals surface area contributed by atoms with Crippen molar-refractivity contribution in [3.8, 4) is 0 Å². The summed E-state index contributed by atoms with van der Waals surface area (Å²) in [7, 11) is -4.17. The number of alkyl halides is 3. The van der Waals surface area contributed by atoms with Crippen LogP contribution in [0.15, 0.2) is 54.6 Å². The summed E-state index contributed by atoms with van der Waals surface area (Å²) in [5, 5.41) is 0. The highest BCUT2D eigenvalue weighted by atomic mass is 32.2. The molecule has 6 rings (SSSR count). The second-order valence-electron chi connectivity index (χ2n) is 11.8. The molecule has 3 fully saturated rings. The van der Waals surface area contributed by atoms with Crippen molar-refractivity contribution < 1.29 is 21.6 Å². The summed E-state index contributed by atoms with van der Waals surface area (Å²) in [6.07, 6.45) is 6.53. The average molecular weight is 560 g/mol.